The molecule has 0 saturated heterocycles. The summed E-state index contributed by atoms with van der Waals surface area (Å²) in [5, 5.41) is 0.410. The zero-order valence-corrected chi connectivity index (χ0v) is 18.3. The van der Waals surface area contributed by atoms with Crippen LogP contribution in [0.5, 0.6) is 0 Å². The Kier molecular flexibility index (Phi) is 5.89. The van der Waals surface area contributed by atoms with Gasteiger partial charge in [-0.15, -0.1) is 0 Å². The number of aromatic nitrogens is 1. The first kappa shape index (κ1) is 21.2. The number of carbonyl (C=O) groups is 1. The van der Waals surface area contributed by atoms with Gasteiger partial charge >= 0.3 is 5.97 Å². The molecule has 0 radical (unpaired) electrons. The van der Waals surface area contributed by atoms with E-state index in [4.69, 9.17) is 16.3 Å². The van der Waals surface area contributed by atoms with Crippen molar-refractivity contribution in [3.8, 4) is 0 Å². The van der Waals surface area contributed by atoms with Gasteiger partial charge in [0.05, 0.1) is 22.4 Å². The summed E-state index contributed by atoms with van der Waals surface area (Å²) in [5.74, 6) is -0.989. The molecule has 0 N–H and O–H groups in total. The molecule has 2 aromatic carbocycles. The van der Waals surface area contributed by atoms with E-state index in [-0.39, 0.29) is 17.7 Å². The fourth-order valence-corrected chi connectivity index (χ4v) is 4.79. The van der Waals surface area contributed by atoms with Gasteiger partial charge in [-0.3, -0.25) is 9.36 Å². The van der Waals surface area contributed by atoms with E-state index in [1.807, 2.05) is 0 Å². The maximum atomic E-state index is 14.2. The second-order valence-electron chi connectivity index (χ2n) is 6.85. The first-order valence-corrected chi connectivity index (χ1v) is 10.8. The lowest BCUT2D eigenvalue weighted by Crippen LogP contribution is -2.40. The van der Waals surface area contributed by atoms with E-state index in [1.54, 1.807) is 56.3 Å². The number of benzene rings is 2. The molecule has 158 valence electrons. The number of thiazole rings is 1. The third kappa shape index (κ3) is 3.86. The normalized spacial score (nSPS) is 16.1. The fourth-order valence-electron chi connectivity index (χ4n) is 3.52. The van der Waals surface area contributed by atoms with Crippen molar-refractivity contribution >= 4 is 35.0 Å². The van der Waals surface area contributed by atoms with Gasteiger partial charge in [-0.25, -0.2) is 14.2 Å². The monoisotopic (exact) mass is 456 g/mol. The van der Waals surface area contributed by atoms with Gasteiger partial charge in [0.25, 0.3) is 5.56 Å². The van der Waals surface area contributed by atoms with Crippen LogP contribution in [0.4, 0.5) is 4.39 Å². The number of hydrogen-bond donors (Lipinski definition) is 0. The summed E-state index contributed by atoms with van der Waals surface area (Å²) in [5.41, 5.74) is 1.19. The van der Waals surface area contributed by atoms with Crippen molar-refractivity contribution in [3.05, 3.63) is 101 Å². The number of halogens is 2. The summed E-state index contributed by atoms with van der Waals surface area (Å²) in [6.07, 6.45) is 1.49. The molecule has 5 nitrogen and oxygen atoms in total. The summed E-state index contributed by atoms with van der Waals surface area (Å²) < 4.78 is 21.1. The highest BCUT2D eigenvalue weighted by atomic mass is 35.5. The zero-order chi connectivity index (χ0) is 22.1. The quantitative estimate of drug-likeness (QED) is 0.564. The Morgan fingerprint density at radius 2 is 1.97 bits per heavy atom. The first-order valence-electron chi connectivity index (χ1n) is 9.61. The lowest BCUT2D eigenvalue weighted by atomic mass is 9.96. The maximum Gasteiger partial charge on any atom is 0.338 e. The topological polar surface area (TPSA) is 60.7 Å². The Hall–Kier alpha value is -3.03. The number of allylic oxidation sites excluding steroid dienone is 1. The molecule has 1 aliphatic heterocycles. The summed E-state index contributed by atoms with van der Waals surface area (Å²) in [4.78, 5) is 31.1. The van der Waals surface area contributed by atoms with Crippen LogP contribution >= 0.6 is 22.9 Å². The van der Waals surface area contributed by atoms with Gasteiger partial charge in [0.2, 0.25) is 0 Å². The van der Waals surface area contributed by atoms with Crippen LogP contribution in [0, 0.1) is 5.82 Å². The van der Waals surface area contributed by atoms with Gasteiger partial charge in [0.1, 0.15) is 11.9 Å². The van der Waals surface area contributed by atoms with Gasteiger partial charge in [-0.05, 0) is 37.6 Å². The first-order chi connectivity index (χ1) is 14.9. The second-order valence-corrected chi connectivity index (χ2v) is 8.26. The highest BCUT2D eigenvalue weighted by molar-refractivity contribution is 7.07. The Morgan fingerprint density at radius 3 is 2.68 bits per heavy atom. The molecule has 0 bridgehead atoms. The number of nitrogens with zero attached hydrogens (tertiary/aromatic N) is 2. The van der Waals surface area contributed by atoms with Crippen LogP contribution in [-0.2, 0) is 9.53 Å². The SMILES string of the molecule is CCOC(=O)C1=C(C)N=c2sc(=Cc3ccccc3F)c(=O)n2[C@H]1c1ccccc1Cl. The van der Waals surface area contributed by atoms with E-state index >= 15 is 0 Å². The minimum atomic E-state index is -0.799. The molecular weight excluding hydrogens is 439 g/mol. The molecule has 2 heterocycles. The second kappa shape index (κ2) is 8.61. The summed E-state index contributed by atoms with van der Waals surface area (Å²) in [6.45, 7) is 3.59. The molecule has 0 fully saturated rings. The van der Waals surface area contributed by atoms with Crippen LogP contribution in [0.2, 0.25) is 5.02 Å². The number of fused-ring (bicyclic) bond motifs is 1. The molecule has 1 aliphatic rings. The average Bonchev–Trinajstić information content (AvgIpc) is 3.04. The number of carbonyl (C=O) groups excluding carboxylic acids is 1. The van der Waals surface area contributed by atoms with E-state index in [9.17, 15) is 14.0 Å². The number of rotatable bonds is 4. The molecule has 1 aromatic heterocycles. The third-order valence-corrected chi connectivity index (χ3v) is 6.24. The molecule has 0 amide bonds. The van der Waals surface area contributed by atoms with Crippen molar-refractivity contribution < 1.29 is 13.9 Å². The van der Waals surface area contributed by atoms with Crippen molar-refractivity contribution in [2.45, 2.75) is 19.9 Å². The minimum absolute atomic E-state index is 0.183. The molecular formula is C23H18ClFN2O3S. The van der Waals surface area contributed by atoms with Gasteiger partial charge in [-0.1, -0.05) is 59.3 Å². The summed E-state index contributed by atoms with van der Waals surface area (Å²) in [7, 11) is 0. The Morgan fingerprint density at radius 1 is 1.26 bits per heavy atom. The standard InChI is InChI=1S/C23H18ClFN2O3S/c1-3-30-22(29)19-13(2)26-23-27(20(19)15-9-5-6-10-16(15)24)21(28)18(31-23)12-14-8-4-7-11-17(14)25/h4-12,20H,3H2,1-2H3/t20-/m0/s1. The highest BCUT2D eigenvalue weighted by Crippen LogP contribution is 2.34. The molecule has 0 aliphatic carbocycles. The van der Waals surface area contributed by atoms with Crippen LogP contribution in [0.1, 0.15) is 31.0 Å². The van der Waals surface area contributed by atoms with E-state index < -0.39 is 17.8 Å². The van der Waals surface area contributed by atoms with Crippen LogP contribution in [0.3, 0.4) is 0 Å². The van der Waals surface area contributed by atoms with Gasteiger partial charge in [0, 0.05) is 10.6 Å². The molecule has 1 atom stereocenters. The van der Waals surface area contributed by atoms with Gasteiger partial charge in [-0.2, -0.15) is 0 Å². The average molecular weight is 457 g/mol. The summed E-state index contributed by atoms with van der Waals surface area (Å²) >= 11 is 7.59. The molecule has 3 aromatic rings. The van der Waals surface area contributed by atoms with E-state index in [0.717, 1.165) is 11.3 Å². The maximum absolute atomic E-state index is 14.2. The molecule has 31 heavy (non-hydrogen) atoms. The third-order valence-electron chi connectivity index (χ3n) is 4.91. The van der Waals surface area contributed by atoms with Crippen LogP contribution in [0.15, 0.2) is 69.6 Å². The number of ether oxygens (including phenoxy) is 1. The van der Waals surface area contributed by atoms with E-state index in [2.05, 4.69) is 4.99 Å². The lowest BCUT2D eigenvalue weighted by molar-refractivity contribution is -0.139. The fraction of sp³-hybridized carbons (Fsp3) is 0.174. The zero-order valence-electron chi connectivity index (χ0n) is 16.8. The van der Waals surface area contributed by atoms with E-state index in [0.29, 0.717) is 31.2 Å². The molecule has 4 rings (SSSR count). The van der Waals surface area contributed by atoms with Gasteiger partial charge in [0.15, 0.2) is 4.80 Å². The van der Waals surface area contributed by atoms with Crippen molar-refractivity contribution in [1.82, 2.24) is 4.57 Å². The largest absolute Gasteiger partial charge is 0.463 e. The van der Waals surface area contributed by atoms with Gasteiger partial charge < -0.3 is 4.74 Å². The van der Waals surface area contributed by atoms with E-state index in [1.165, 1.54) is 16.7 Å². The summed E-state index contributed by atoms with van der Waals surface area (Å²) in [6, 6.07) is 12.4. The van der Waals surface area contributed by atoms with Crippen LogP contribution in [-0.4, -0.2) is 17.1 Å². The smallest absolute Gasteiger partial charge is 0.338 e. The number of hydrogen-bond acceptors (Lipinski definition) is 5. The Labute approximate surface area is 186 Å². The van der Waals surface area contributed by atoms with Crippen molar-refractivity contribution in [2.24, 2.45) is 4.99 Å². The minimum Gasteiger partial charge on any atom is -0.463 e. The predicted octanol–water partition coefficient (Wildman–Crippen LogP) is 3.59. The number of esters is 1. The Bertz CT molecular complexity index is 1390. The van der Waals surface area contributed by atoms with Crippen LogP contribution < -0.4 is 14.9 Å². The van der Waals surface area contributed by atoms with Crippen molar-refractivity contribution in [1.29, 1.82) is 0 Å². The van der Waals surface area contributed by atoms with Crippen LogP contribution in [0.25, 0.3) is 6.08 Å². The lowest BCUT2D eigenvalue weighted by Gasteiger charge is -2.25. The van der Waals surface area contributed by atoms with Crippen molar-refractivity contribution in [3.63, 3.8) is 0 Å². The predicted molar refractivity (Wildman–Crippen MR) is 118 cm³/mol. The molecule has 0 spiro atoms. The Balaban J connectivity index is 2.00. The molecule has 0 saturated carbocycles. The highest BCUT2D eigenvalue weighted by Gasteiger charge is 2.34. The van der Waals surface area contributed by atoms with Crippen molar-refractivity contribution in [2.75, 3.05) is 6.61 Å². The molecule has 8 heteroatoms. The molecule has 0 unspecified atom stereocenters.